The van der Waals surface area contributed by atoms with Crippen molar-refractivity contribution in [3.8, 4) is 16.9 Å². The summed E-state index contributed by atoms with van der Waals surface area (Å²) in [5, 5.41) is 11.2. The third-order valence-corrected chi connectivity index (χ3v) is 5.01. The van der Waals surface area contributed by atoms with Crippen molar-refractivity contribution in [1.82, 2.24) is 20.4 Å². The lowest BCUT2D eigenvalue weighted by Gasteiger charge is -2.11. The number of aromatic nitrogens is 2. The third-order valence-electron chi connectivity index (χ3n) is 5.01. The average molecular weight is 397 g/mol. The minimum Gasteiger partial charge on any atom is -0.348 e. The van der Waals surface area contributed by atoms with Crippen LogP contribution in [0.2, 0.25) is 0 Å². The van der Waals surface area contributed by atoms with E-state index in [-0.39, 0.29) is 24.4 Å². The Balaban J connectivity index is 0.00000225. The lowest BCUT2D eigenvalue weighted by molar-refractivity contribution is 0.0940. The zero-order chi connectivity index (χ0) is 18.6. The van der Waals surface area contributed by atoms with Crippen LogP contribution in [0.25, 0.3) is 16.9 Å². The van der Waals surface area contributed by atoms with Crippen LogP contribution < -0.4 is 10.6 Å². The summed E-state index contributed by atoms with van der Waals surface area (Å²) < 4.78 is 1.78. The smallest absolute Gasteiger partial charge is 0.255 e. The van der Waals surface area contributed by atoms with Gasteiger partial charge in [0.05, 0.1) is 11.3 Å². The number of nitrogens with zero attached hydrogens (tertiary/aromatic N) is 2. The molecule has 1 aromatic heterocycles. The molecule has 1 amide bonds. The second-order valence-corrected chi connectivity index (χ2v) is 6.89. The van der Waals surface area contributed by atoms with Gasteiger partial charge < -0.3 is 10.6 Å². The summed E-state index contributed by atoms with van der Waals surface area (Å²) in [4.78, 5) is 13.0. The Morgan fingerprint density at radius 1 is 1.18 bits per heavy atom. The first-order valence-electron chi connectivity index (χ1n) is 9.50. The van der Waals surface area contributed by atoms with Gasteiger partial charge in [-0.15, -0.1) is 12.4 Å². The number of nitrogens with one attached hydrogen (secondary N) is 2. The van der Waals surface area contributed by atoms with Crippen molar-refractivity contribution in [2.24, 2.45) is 0 Å². The zero-order valence-electron chi connectivity index (χ0n) is 15.9. The van der Waals surface area contributed by atoms with Crippen molar-refractivity contribution < 1.29 is 4.79 Å². The van der Waals surface area contributed by atoms with Gasteiger partial charge >= 0.3 is 0 Å². The molecule has 0 radical (unpaired) electrons. The molecule has 5 nitrogen and oxygen atoms in total. The molecule has 1 aliphatic heterocycles. The van der Waals surface area contributed by atoms with Crippen molar-refractivity contribution >= 4 is 18.3 Å². The Bertz CT molecular complexity index is 915. The predicted molar refractivity (Wildman–Crippen MR) is 114 cm³/mol. The number of amides is 1. The van der Waals surface area contributed by atoms with Crippen LogP contribution >= 0.6 is 12.4 Å². The zero-order valence-corrected chi connectivity index (χ0v) is 16.7. The second-order valence-electron chi connectivity index (χ2n) is 6.89. The highest BCUT2D eigenvalue weighted by Gasteiger charge is 2.22. The summed E-state index contributed by atoms with van der Waals surface area (Å²) in [5.41, 5.74) is 4.48. The molecule has 6 heteroatoms. The molecule has 1 aliphatic rings. The highest BCUT2D eigenvalue weighted by molar-refractivity contribution is 6.00. The molecule has 0 aliphatic carbocycles. The van der Waals surface area contributed by atoms with Crippen LogP contribution in [-0.4, -0.2) is 34.8 Å². The second kappa shape index (κ2) is 9.04. The molecule has 1 atom stereocenters. The van der Waals surface area contributed by atoms with Gasteiger partial charge in [-0.1, -0.05) is 49.4 Å². The van der Waals surface area contributed by atoms with Crippen LogP contribution in [0.3, 0.4) is 0 Å². The molecule has 2 aromatic carbocycles. The molecule has 3 aromatic rings. The molecule has 0 spiro atoms. The number of aryl methyl sites for hydroxylation is 1. The van der Waals surface area contributed by atoms with Gasteiger partial charge in [0.2, 0.25) is 0 Å². The molecular weight excluding hydrogens is 372 g/mol. The highest BCUT2D eigenvalue weighted by atomic mass is 35.5. The minimum absolute atomic E-state index is 0. The monoisotopic (exact) mass is 396 g/mol. The van der Waals surface area contributed by atoms with E-state index in [1.54, 1.807) is 4.68 Å². The van der Waals surface area contributed by atoms with Crippen LogP contribution in [0.4, 0.5) is 0 Å². The number of carbonyl (C=O) groups is 1. The van der Waals surface area contributed by atoms with Crippen LogP contribution in [0.15, 0.2) is 60.8 Å². The summed E-state index contributed by atoms with van der Waals surface area (Å²) in [6.07, 6.45) is 3.77. The van der Waals surface area contributed by atoms with Crippen LogP contribution in [0.1, 0.15) is 29.3 Å². The van der Waals surface area contributed by atoms with Crippen molar-refractivity contribution in [1.29, 1.82) is 0 Å². The molecule has 1 fully saturated rings. The van der Waals surface area contributed by atoms with Gasteiger partial charge in [0.25, 0.3) is 5.91 Å². The molecule has 1 saturated heterocycles. The van der Waals surface area contributed by atoms with E-state index in [1.165, 1.54) is 5.56 Å². The van der Waals surface area contributed by atoms with E-state index in [0.717, 1.165) is 37.2 Å². The maximum absolute atomic E-state index is 13.0. The number of carbonyl (C=O) groups excluding carboxylic acids is 1. The molecule has 1 unspecified atom stereocenters. The Kier molecular flexibility index (Phi) is 6.49. The van der Waals surface area contributed by atoms with Gasteiger partial charge in [-0.2, -0.15) is 5.10 Å². The van der Waals surface area contributed by atoms with E-state index < -0.39 is 0 Å². The molecule has 0 saturated carbocycles. The Hall–Kier alpha value is -2.63. The van der Waals surface area contributed by atoms with Crippen LogP contribution in [0, 0.1) is 0 Å². The standard InChI is InChI=1S/C22H24N4O.ClH/c1-2-16-8-10-17(11-9-16)21-20(22(27)24-18-12-13-23-14-18)15-26(25-21)19-6-4-3-5-7-19;/h3-11,15,18,23H,2,12-14H2,1H3,(H,24,27);1H. The fourth-order valence-electron chi connectivity index (χ4n) is 3.41. The largest absolute Gasteiger partial charge is 0.348 e. The fraction of sp³-hybridized carbons (Fsp3) is 0.273. The lowest BCUT2D eigenvalue weighted by atomic mass is 10.0. The Labute approximate surface area is 171 Å². The van der Waals surface area contributed by atoms with E-state index in [4.69, 9.17) is 5.10 Å². The maximum Gasteiger partial charge on any atom is 0.255 e. The van der Waals surface area contributed by atoms with Gasteiger partial charge in [-0.25, -0.2) is 4.68 Å². The molecule has 2 heterocycles. The number of hydrogen-bond acceptors (Lipinski definition) is 3. The van der Waals surface area contributed by atoms with Crippen LogP contribution in [-0.2, 0) is 6.42 Å². The van der Waals surface area contributed by atoms with E-state index in [1.807, 2.05) is 48.7 Å². The van der Waals surface area contributed by atoms with Crippen molar-refractivity contribution in [2.45, 2.75) is 25.8 Å². The number of halogens is 1. The molecular formula is C22H25ClN4O. The Morgan fingerprint density at radius 3 is 2.57 bits per heavy atom. The van der Waals surface area contributed by atoms with Gasteiger partial charge in [-0.3, -0.25) is 4.79 Å². The predicted octanol–water partition coefficient (Wildman–Crippen LogP) is 3.62. The highest BCUT2D eigenvalue weighted by Crippen LogP contribution is 2.24. The fourth-order valence-corrected chi connectivity index (χ4v) is 3.41. The van der Waals surface area contributed by atoms with Gasteiger partial charge in [0.15, 0.2) is 0 Å². The van der Waals surface area contributed by atoms with Gasteiger partial charge in [0, 0.05) is 24.3 Å². The van der Waals surface area contributed by atoms with Gasteiger partial charge in [0.1, 0.15) is 5.69 Å². The third kappa shape index (κ3) is 4.26. The molecule has 146 valence electrons. The summed E-state index contributed by atoms with van der Waals surface area (Å²) in [6, 6.07) is 18.3. The van der Waals surface area contributed by atoms with Crippen LogP contribution in [0.5, 0.6) is 0 Å². The average Bonchev–Trinajstić information content (AvgIpc) is 3.39. The van der Waals surface area contributed by atoms with E-state index >= 15 is 0 Å². The summed E-state index contributed by atoms with van der Waals surface area (Å²) in [7, 11) is 0. The van der Waals surface area contributed by atoms with E-state index in [2.05, 4.69) is 29.7 Å². The first-order valence-corrected chi connectivity index (χ1v) is 9.50. The molecule has 0 bridgehead atoms. The number of benzene rings is 2. The quantitative estimate of drug-likeness (QED) is 0.692. The summed E-state index contributed by atoms with van der Waals surface area (Å²) in [5.74, 6) is -0.0690. The SMILES string of the molecule is CCc1ccc(-c2nn(-c3ccccc3)cc2C(=O)NC2CCNC2)cc1.Cl. The lowest BCUT2D eigenvalue weighted by Crippen LogP contribution is -2.36. The first kappa shape index (κ1) is 20.1. The molecule has 28 heavy (non-hydrogen) atoms. The molecule has 4 rings (SSSR count). The Morgan fingerprint density at radius 2 is 1.93 bits per heavy atom. The number of hydrogen-bond donors (Lipinski definition) is 2. The van der Waals surface area contributed by atoms with E-state index in [9.17, 15) is 4.79 Å². The molecule has 2 N–H and O–H groups in total. The van der Waals surface area contributed by atoms with E-state index in [0.29, 0.717) is 11.3 Å². The van der Waals surface area contributed by atoms with Crippen molar-refractivity contribution in [3.63, 3.8) is 0 Å². The summed E-state index contributed by atoms with van der Waals surface area (Å²) in [6.45, 7) is 3.90. The number of para-hydroxylation sites is 1. The number of rotatable bonds is 5. The van der Waals surface area contributed by atoms with Crippen molar-refractivity contribution in [3.05, 3.63) is 71.9 Å². The maximum atomic E-state index is 13.0. The van der Waals surface area contributed by atoms with Gasteiger partial charge in [-0.05, 0) is 37.1 Å². The normalized spacial score (nSPS) is 15.8. The topological polar surface area (TPSA) is 59.0 Å². The first-order chi connectivity index (χ1) is 13.2. The van der Waals surface area contributed by atoms with Crippen molar-refractivity contribution in [2.75, 3.05) is 13.1 Å². The summed E-state index contributed by atoms with van der Waals surface area (Å²) >= 11 is 0. The minimum atomic E-state index is -0.0690.